The number of hydrogen-bond acceptors (Lipinski definition) is 2. The fraction of sp³-hybridized carbons (Fsp3) is 0.600. The van der Waals surface area contributed by atoms with Crippen molar-refractivity contribution in [2.75, 3.05) is 0 Å². The third kappa shape index (κ3) is 1.44. The van der Waals surface area contributed by atoms with Crippen molar-refractivity contribution < 1.29 is 9.59 Å². The van der Waals surface area contributed by atoms with Crippen LogP contribution in [0.15, 0.2) is 0 Å². The highest BCUT2D eigenvalue weighted by Crippen LogP contribution is 2.26. The molecular formula is C10H13NO2. The van der Waals surface area contributed by atoms with Gasteiger partial charge < -0.3 is 0 Å². The van der Waals surface area contributed by atoms with Crippen LogP contribution in [0.25, 0.3) is 0 Å². The molecule has 0 aliphatic carbocycles. The molecule has 1 unspecified atom stereocenters. The van der Waals surface area contributed by atoms with E-state index in [0.29, 0.717) is 0 Å². The molecular weight excluding hydrogens is 166 g/mol. The van der Waals surface area contributed by atoms with E-state index in [4.69, 9.17) is 6.42 Å². The number of terminal acetylenes is 1. The number of likely N-dealkylation sites (tertiary alicyclic amines) is 1. The van der Waals surface area contributed by atoms with E-state index in [1.54, 1.807) is 20.8 Å². The van der Waals surface area contributed by atoms with Crippen LogP contribution in [0.3, 0.4) is 0 Å². The van der Waals surface area contributed by atoms with E-state index < -0.39 is 5.54 Å². The zero-order valence-corrected chi connectivity index (χ0v) is 8.13. The zero-order valence-electron chi connectivity index (χ0n) is 8.13. The van der Waals surface area contributed by atoms with Crippen LogP contribution in [0.2, 0.25) is 0 Å². The van der Waals surface area contributed by atoms with Gasteiger partial charge in [0.25, 0.3) is 0 Å². The van der Waals surface area contributed by atoms with E-state index in [2.05, 4.69) is 5.92 Å². The lowest BCUT2D eigenvalue weighted by molar-refractivity contribution is -0.143. The second-order valence-electron chi connectivity index (χ2n) is 3.88. The molecule has 1 aliphatic rings. The monoisotopic (exact) mass is 179 g/mol. The maximum absolute atomic E-state index is 11.5. The zero-order chi connectivity index (χ0) is 10.2. The van der Waals surface area contributed by atoms with E-state index in [-0.39, 0.29) is 24.2 Å². The van der Waals surface area contributed by atoms with Crippen LogP contribution in [-0.2, 0) is 9.59 Å². The van der Waals surface area contributed by atoms with Crippen LogP contribution in [0, 0.1) is 18.3 Å². The van der Waals surface area contributed by atoms with Crippen molar-refractivity contribution in [3.63, 3.8) is 0 Å². The smallest absolute Gasteiger partial charge is 0.233 e. The van der Waals surface area contributed by atoms with Crippen molar-refractivity contribution in [2.45, 2.75) is 32.7 Å². The highest BCUT2D eigenvalue weighted by molar-refractivity contribution is 6.04. The van der Waals surface area contributed by atoms with Gasteiger partial charge in [-0.05, 0) is 13.8 Å². The van der Waals surface area contributed by atoms with Crippen LogP contribution in [0.4, 0.5) is 0 Å². The van der Waals surface area contributed by atoms with E-state index in [9.17, 15) is 9.59 Å². The van der Waals surface area contributed by atoms with Gasteiger partial charge in [0.1, 0.15) is 5.54 Å². The second-order valence-corrected chi connectivity index (χ2v) is 3.88. The van der Waals surface area contributed by atoms with Crippen molar-refractivity contribution in [2.24, 2.45) is 5.92 Å². The fourth-order valence-electron chi connectivity index (χ4n) is 1.44. The third-order valence-corrected chi connectivity index (χ3v) is 2.28. The van der Waals surface area contributed by atoms with Gasteiger partial charge in [-0.1, -0.05) is 12.8 Å². The summed E-state index contributed by atoms with van der Waals surface area (Å²) in [6.45, 7) is 5.13. The van der Waals surface area contributed by atoms with E-state index in [0.717, 1.165) is 0 Å². The summed E-state index contributed by atoms with van der Waals surface area (Å²) >= 11 is 0. The molecule has 3 heteroatoms. The van der Waals surface area contributed by atoms with Crippen LogP contribution < -0.4 is 0 Å². The lowest BCUT2D eigenvalue weighted by Crippen LogP contribution is -2.46. The Bertz CT molecular complexity index is 299. The standard InChI is InChI=1S/C10H13NO2/c1-5-10(3,4)11-8(12)6-7(2)9(11)13/h1,7H,6H2,2-4H3. The third-order valence-electron chi connectivity index (χ3n) is 2.28. The van der Waals surface area contributed by atoms with Crippen molar-refractivity contribution >= 4 is 11.8 Å². The van der Waals surface area contributed by atoms with Gasteiger partial charge in [-0.3, -0.25) is 14.5 Å². The molecule has 1 aliphatic heterocycles. The minimum Gasteiger partial charge on any atom is -0.274 e. The summed E-state index contributed by atoms with van der Waals surface area (Å²) < 4.78 is 0. The second kappa shape index (κ2) is 2.88. The van der Waals surface area contributed by atoms with Gasteiger partial charge in [-0.15, -0.1) is 6.42 Å². The predicted octanol–water partition coefficient (Wildman–Crippen LogP) is 0.793. The van der Waals surface area contributed by atoms with Crippen molar-refractivity contribution in [3.05, 3.63) is 0 Å². The molecule has 70 valence electrons. The number of carbonyl (C=O) groups is 2. The van der Waals surface area contributed by atoms with E-state index >= 15 is 0 Å². The Morgan fingerprint density at radius 3 is 2.38 bits per heavy atom. The SMILES string of the molecule is C#CC(C)(C)N1C(=O)CC(C)C1=O. The minimum atomic E-state index is -0.793. The molecule has 1 fully saturated rings. The first-order valence-electron chi connectivity index (χ1n) is 4.25. The molecule has 1 saturated heterocycles. The number of hydrogen-bond donors (Lipinski definition) is 0. The van der Waals surface area contributed by atoms with Gasteiger partial charge in [0, 0.05) is 12.3 Å². The molecule has 3 nitrogen and oxygen atoms in total. The Hall–Kier alpha value is -1.30. The van der Waals surface area contributed by atoms with Gasteiger partial charge in [0.05, 0.1) is 0 Å². The van der Waals surface area contributed by atoms with Gasteiger partial charge >= 0.3 is 0 Å². The molecule has 0 aromatic heterocycles. The van der Waals surface area contributed by atoms with E-state index in [1.807, 2.05) is 0 Å². The summed E-state index contributed by atoms with van der Waals surface area (Å²) in [6.07, 6.45) is 5.54. The Kier molecular flexibility index (Phi) is 2.17. The van der Waals surface area contributed by atoms with Gasteiger partial charge in [-0.2, -0.15) is 0 Å². The van der Waals surface area contributed by atoms with E-state index in [1.165, 1.54) is 4.90 Å². The molecule has 1 rings (SSSR count). The number of nitrogens with zero attached hydrogens (tertiary/aromatic N) is 1. The highest BCUT2D eigenvalue weighted by Gasteiger charge is 2.43. The largest absolute Gasteiger partial charge is 0.274 e. The topological polar surface area (TPSA) is 37.4 Å². The number of rotatable bonds is 1. The Morgan fingerprint density at radius 2 is 2.08 bits per heavy atom. The molecule has 0 saturated carbocycles. The Balaban J connectivity index is 3.01. The van der Waals surface area contributed by atoms with Crippen molar-refractivity contribution in [1.82, 2.24) is 4.90 Å². The first kappa shape index (κ1) is 9.79. The average Bonchev–Trinajstić information content (AvgIpc) is 2.27. The van der Waals surface area contributed by atoms with Crippen LogP contribution in [0.5, 0.6) is 0 Å². The minimum absolute atomic E-state index is 0.159. The molecule has 0 spiro atoms. The molecule has 2 amide bonds. The predicted molar refractivity (Wildman–Crippen MR) is 48.5 cm³/mol. The normalized spacial score (nSPS) is 23.5. The molecule has 1 heterocycles. The first-order chi connectivity index (χ1) is 5.90. The summed E-state index contributed by atoms with van der Waals surface area (Å²) in [4.78, 5) is 24.1. The van der Waals surface area contributed by atoms with Gasteiger partial charge in [0.15, 0.2) is 0 Å². The fourth-order valence-corrected chi connectivity index (χ4v) is 1.44. The molecule has 0 N–H and O–H groups in total. The summed E-state index contributed by atoms with van der Waals surface area (Å²) in [6, 6.07) is 0. The highest BCUT2D eigenvalue weighted by atomic mass is 16.2. The Morgan fingerprint density at radius 1 is 1.54 bits per heavy atom. The van der Waals surface area contributed by atoms with Crippen molar-refractivity contribution in [3.8, 4) is 12.3 Å². The number of amides is 2. The first-order valence-corrected chi connectivity index (χ1v) is 4.25. The maximum Gasteiger partial charge on any atom is 0.233 e. The van der Waals surface area contributed by atoms with Crippen molar-refractivity contribution in [1.29, 1.82) is 0 Å². The molecule has 0 bridgehead atoms. The summed E-state index contributed by atoms with van der Waals surface area (Å²) in [5.74, 6) is 1.90. The van der Waals surface area contributed by atoms with Crippen LogP contribution in [0.1, 0.15) is 27.2 Å². The molecule has 13 heavy (non-hydrogen) atoms. The van der Waals surface area contributed by atoms with Gasteiger partial charge in [0.2, 0.25) is 11.8 Å². The lowest BCUT2D eigenvalue weighted by atomic mass is 10.0. The maximum atomic E-state index is 11.5. The Labute approximate surface area is 78.1 Å². The number of imide groups is 1. The van der Waals surface area contributed by atoms with Crippen LogP contribution >= 0.6 is 0 Å². The quantitative estimate of drug-likeness (QED) is 0.441. The van der Waals surface area contributed by atoms with Gasteiger partial charge in [-0.25, -0.2) is 0 Å². The lowest BCUT2D eigenvalue weighted by Gasteiger charge is -2.28. The molecule has 0 radical (unpaired) electrons. The number of carbonyl (C=O) groups excluding carboxylic acids is 2. The average molecular weight is 179 g/mol. The molecule has 1 atom stereocenters. The summed E-state index contributed by atoms with van der Waals surface area (Å²) in [5, 5.41) is 0. The summed E-state index contributed by atoms with van der Waals surface area (Å²) in [5.41, 5.74) is -0.793. The molecule has 0 aromatic rings. The summed E-state index contributed by atoms with van der Waals surface area (Å²) in [7, 11) is 0. The van der Waals surface area contributed by atoms with Crippen LogP contribution in [-0.4, -0.2) is 22.3 Å². The molecule has 0 aromatic carbocycles.